The van der Waals surface area contributed by atoms with E-state index in [4.69, 9.17) is 16.4 Å². The van der Waals surface area contributed by atoms with E-state index in [1.807, 2.05) is 0 Å². The number of hydrogen-bond donors (Lipinski definition) is 1. The van der Waals surface area contributed by atoms with Crippen LogP contribution in [0.4, 0.5) is 22.0 Å². The lowest BCUT2D eigenvalue weighted by atomic mass is 10.1. The van der Waals surface area contributed by atoms with Crippen LogP contribution in [0, 0.1) is 0 Å². The van der Waals surface area contributed by atoms with E-state index in [1.165, 1.54) is 0 Å². The second-order valence-electron chi connectivity index (χ2n) is 3.32. The fourth-order valence-corrected chi connectivity index (χ4v) is 2.20. The number of pyridine rings is 1. The number of alkyl halides is 5. The van der Waals surface area contributed by atoms with Crippen molar-refractivity contribution in [2.24, 2.45) is 5.73 Å². The zero-order valence-corrected chi connectivity index (χ0v) is 10.9. The number of hydrogen-bond acceptors (Lipinski definition) is 5. The van der Waals surface area contributed by atoms with Crippen LogP contribution < -0.4 is 10.5 Å². The van der Waals surface area contributed by atoms with Gasteiger partial charge in [0.25, 0.3) is 15.5 Å². The molecule has 0 radical (unpaired) electrons. The Balaban J connectivity index is 3.68. The predicted molar refractivity (Wildman–Crippen MR) is 56.8 cm³/mol. The molecule has 0 amide bonds. The van der Waals surface area contributed by atoms with E-state index in [-0.39, 0.29) is 0 Å². The second-order valence-corrected chi connectivity index (χ2v) is 5.80. The third-order valence-electron chi connectivity index (χ3n) is 2.01. The molecular weight excluding hydrogens is 335 g/mol. The van der Waals surface area contributed by atoms with Gasteiger partial charge in [0.2, 0.25) is 5.03 Å². The molecule has 0 fully saturated rings. The summed E-state index contributed by atoms with van der Waals surface area (Å²) in [5.74, 6) is -1.68. The van der Waals surface area contributed by atoms with Crippen LogP contribution >= 0.6 is 10.7 Å². The van der Waals surface area contributed by atoms with Crippen LogP contribution in [0.3, 0.4) is 0 Å². The molecule has 0 aromatic carbocycles. The summed E-state index contributed by atoms with van der Waals surface area (Å²) in [4.78, 5) is 3.09. The van der Waals surface area contributed by atoms with Gasteiger partial charge in [0.05, 0.1) is 5.56 Å². The van der Waals surface area contributed by atoms with Crippen LogP contribution in [0.15, 0.2) is 11.2 Å². The first-order valence-corrected chi connectivity index (χ1v) is 6.98. The van der Waals surface area contributed by atoms with Gasteiger partial charge in [0.1, 0.15) is 0 Å². The first-order chi connectivity index (χ1) is 8.97. The molecule has 0 aliphatic rings. The molecule has 114 valence electrons. The van der Waals surface area contributed by atoms with Gasteiger partial charge < -0.3 is 10.5 Å². The molecule has 0 bridgehead atoms. The number of halogens is 6. The molecule has 0 aliphatic carbocycles. The number of nitrogens with two attached hydrogens (primary N) is 1. The van der Waals surface area contributed by atoms with Gasteiger partial charge in [0.15, 0.2) is 5.75 Å². The molecule has 20 heavy (non-hydrogen) atoms. The standard InChI is InChI=1S/C8H6ClF5N2O3S/c9-20(17,18)7-5(19-8(12,13)14)4(6(10)11)3(1-15)2-16-7/h2,6H,1,15H2. The van der Waals surface area contributed by atoms with Crippen LogP contribution in [-0.4, -0.2) is 19.8 Å². The average molecular weight is 341 g/mol. The highest BCUT2D eigenvalue weighted by molar-refractivity contribution is 8.13. The Labute approximate surface area is 113 Å². The quantitative estimate of drug-likeness (QED) is 0.672. The maximum Gasteiger partial charge on any atom is 0.573 e. The summed E-state index contributed by atoms with van der Waals surface area (Å²) in [5.41, 5.74) is 3.27. The number of rotatable bonds is 4. The van der Waals surface area contributed by atoms with Gasteiger partial charge in [-0.05, 0) is 5.56 Å². The first-order valence-electron chi connectivity index (χ1n) is 4.67. The molecule has 0 unspecified atom stereocenters. The molecule has 0 spiro atoms. The van der Waals surface area contributed by atoms with Crippen molar-refractivity contribution in [1.29, 1.82) is 0 Å². The maximum absolute atomic E-state index is 12.8. The van der Waals surface area contributed by atoms with Crippen molar-refractivity contribution in [3.05, 3.63) is 17.3 Å². The molecule has 1 aromatic heterocycles. The van der Waals surface area contributed by atoms with Crippen LogP contribution in [0.1, 0.15) is 17.6 Å². The highest BCUT2D eigenvalue weighted by Gasteiger charge is 2.38. The average Bonchev–Trinajstić information content (AvgIpc) is 2.23. The second kappa shape index (κ2) is 5.66. The van der Waals surface area contributed by atoms with Crippen molar-refractivity contribution < 1.29 is 35.1 Å². The Bertz CT molecular complexity index is 605. The van der Waals surface area contributed by atoms with Gasteiger partial charge in [-0.3, -0.25) is 0 Å². The molecule has 1 heterocycles. The van der Waals surface area contributed by atoms with Gasteiger partial charge in [-0.15, -0.1) is 13.2 Å². The van der Waals surface area contributed by atoms with Gasteiger partial charge in [-0.25, -0.2) is 22.2 Å². The number of nitrogens with zero attached hydrogens (tertiary/aromatic N) is 1. The molecule has 5 nitrogen and oxygen atoms in total. The van der Waals surface area contributed by atoms with E-state index in [0.29, 0.717) is 6.20 Å². The van der Waals surface area contributed by atoms with Crippen molar-refractivity contribution in [1.82, 2.24) is 4.98 Å². The third kappa shape index (κ3) is 3.90. The largest absolute Gasteiger partial charge is 0.573 e. The lowest BCUT2D eigenvalue weighted by molar-refractivity contribution is -0.276. The van der Waals surface area contributed by atoms with Gasteiger partial charge in [0, 0.05) is 23.4 Å². The Morgan fingerprint density at radius 2 is 1.95 bits per heavy atom. The Hall–Kier alpha value is -1.20. The number of aromatic nitrogens is 1. The minimum Gasteiger partial charge on any atom is -0.402 e. The van der Waals surface area contributed by atoms with Gasteiger partial charge in [-0.1, -0.05) is 0 Å². The summed E-state index contributed by atoms with van der Waals surface area (Å²) in [5, 5.41) is -1.45. The SMILES string of the molecule is NCc1cnc(S(=O)(=O)Cl)c(OC(F)(F)F)c1C(F)F. The van der Waals surface area contributed by atoms with Crippen LogP contribution in [0.5, 0.6) is 5.75 Å². The summed E-state index contributed by atoms with van der Waals surface area (Å²) in [7, 11) is 0.0261. The molecule has 0 atom stereocenters. The summed E-state index contributed by atoms with van der Waals surface area (Å²) in [6.07, 6.45) is -8.28. The predicted octanol–water partition coefficient (Wildman–Crippen LogP) is 2.30. The summed E-state index contributed by atoms with van der Waals surface area (Å²) < 4.78 is 87.9. The third-order valence-corrected chi connectivity index (χ3v) is 3.20. The van der Waals surface area contributed by atoms with E-state index < -0.39 is 50.3 Å². The Morgan fingerprint density at radius 3 is 2.30 bits per heavy atom. The van der Waals surface area contributed by atoms with E-state index in [1.54, 1.807) is 0 Å². The van der Waals surface area contributed by atoms with Crippen LogP contribution in [0.25, 0.3) is 0 Å². The van der Waals surface area contributed by atoms with E-state index in [9.17, 15) is 30.4 Å². The van der Waals surface area contributed by atoms with Crippen LogP contribution in [-0.2, 0) is 15.6 Å². The van der Waals surface area contributed by atoms with Crippen LogP contribution in [0.2, 0.25) is 0 Å². The highest BCUT2D eigenvalue weighted by atomic mass is 35.7. The van der Waals surface area contributed by atoms with E-state index in [0.717, 1.165) is 0 Å². The normalized spacial score (nSPS) is 12.8. The smallest absolute Gasteiger partial charge is 0.402 e. The van der Waals surface area contributed by atoms with Gasteiger partial charge >= 0.3 is 6.36 Å². The molecule has 0 saturated carbocycles. The molecule has 0 aliphatic heterocycles. The summed E-state index contributed by atoms with van der Waals surface area (Å²) >= 11 is 0. The fraction of sp³-hybridized carbons (Fsp3) is 0.375. The Kier molecular flexibility index (Phi) is 4.77. The zero-order valence-electron chi connectivity index (χ0n) is 9.29. The molecule has 1 rings (SSSR count). The zero-order chi connectivity index (χ0) is 15.7. The summed E-state index contributed by atoms with van der Waals surface area (Å²) in [6.45, 7) is -0.594. The molecule has 0 saturated heterocycles. The monoisotopic (exact) mass is 340 g/mol. The van der Waals surface area contributed by atoms with E-state index in [2.05, 4.69) is 9.72 Å². The topological polar surface area (TPSA) is 82.3 Å². The van der Waals surface area contributed by atoms with Gasteiger partial charge in [-0.2, -0.15) is 0 Å². The molecular formula is C8H6ClF5N2O3S. The lowest BCUT2D eigenvalue weighted by Crippen LogP contribution is -2.21. The van der Waals surface area contributed by atoms with Crippen molar-refractivity contribution >= 4 is 19.7 Å². The fourth-order valence-electron chi connectivity index (χ4n) is 1.32. The lowest BCUT2D eigenvalue weighted by Gasteiger charge is -2.17. The highest BCUT2D eigenvalue weighted by Crippen LogP contribution is 2.39. The van der Waals surface area contributed by atoms with Crippen molar-refractivity contribution in [3.63, 3.8) is 0 Å². The van der Waals surface area contributed by atoms with Crippen molar-refractivity contribution in [2.45, 2.75) is 24.4 Å². The minimum atomic E-state index is -5.41. The Morgan fingerprint density at radius 1 is 1.40 bits per heavy atom. The minimum absolute atomic E-state index is 0.497. The number of ether oxygens (including phenoxy) is 1. The van der Waals surface area contributed by atoms with Crippen molar-refractivity contribution in [3.8, 4) is 5.75 Å². The molecule has 2 N–H and O–H groups in total. The maximum atomic E-state index is 12.8. The molecule has 1 aromatic rings. The molecule has 12 heteroatoms. The van der Waals surface area contributed by atoms with E-state index >= 15 is 0 Å². The summed E-state index contributed by atoms with van der Waals surface area (Å²) in [6, 6.07) is 0. The van der Waals surface area contributed by atoms with Crippen molar-refractivity contribution in [2.75, 3.05) is 0 Å². The first kappa shape index (κ1) is 16.9.